The molecule has 0 aromatic rings. The third kappa shape index (κ3) is 1.10. The zero-order valence-corrected chi connectivity index (χ0v) is 5.93. The van der Waals surface area contributed by atoms with Crippen LogP contribution in [0.2, 0.25) is 0 Å². The Balaban J connectivity index is 2.56. The van der Waals surface area contributed by atoms with Gasteiger partial charge in [0.05, 0.1) is 5.54 Å². The lowest BCUT2D eigenvalue weighted by Gasteiger charge is -2.14. The predicted molar refractivity (Wildman–Crippen MR) is 37.8 cm³/mol. The summed E-state index contributed by atoms with van der Waals surface area (Å²) >= 11 is 4.85. The summed E-state index contributed by atoms with van der Waals surface area (Å²) in [7, 11) is 0. The third-order valence-electron chi connectivity index (χ3n) is 1.14. The molecule has 1 saturated heterocycles. The van der Waals surface area contributed by atoms with Gasteiger partial charge in [-0.3, -0.25) is 0 Å². The molecule has 0 radical (unpaired) electrons. The molecule has 0 aliphatic carbocycles. The van der Waals surface area contributed by atoms with Gasteiger partial charge in [-0.25, -0.2) is 0 Å². The van der Waals surface area contributed by atoms with Crippen molar-refractivity contribution in [2.45, 2.75) is 19.4 Å². The fourth-order valence-corrected chi connectivity index (χ4v) is 1.05. The summed E-state index contributed by atoms with van der Waals surface area (Å²) in [6.45, 7) is 5.16. The first-order chi connectivity index (χ1) is 3.60. The van der Waals surface area contributed by atoms with Crippen LogP contribution in [0.4, 0.5) is 0 Å². The quantitative estimate of drug-likeness (QED) is 0.459. The first-order valence-corrected chi connectivity index (χ1v) is 3.07. The lowest BCUT2D eigenvalue weighted by Crippen LogP contribution is -2.36. The molecule has 3 heteroatoms. The van der Waals surface area contributed by atoms with E-state index in [1.54, 1.807) is 0 Å². The number of hydrogen-bond donors (Lipinski definition) is 2. The standard InChI is InChI=1S/C5H10N2S/c1-5(2)3-6-4(8)7-5/h3H2,1-2H3,(H2,6,7,8). The van der Waals surface area contributed by atoms with Crippen LogP contribution < -0.4 is 10.6 Å². The monoisotopic (exact) mass is 130 g/mol. The normalized spacial score (nSPS) is 24.5. The van der Waals surface area contributed by atoms with Gasteiger partial charge >= 0.3 is 0 Å². The van der Waals surface area contributed by atoms with Gasteiger partial charge in [-0.1, -0.05) is 0 Å². The van der Waals surface area contributed by atoms with E-state index in [9.17, 15) is 0 Å². The molecule has 2 N–H and O–H groups in total. The van der Waals surface area contributed by atoms with Crippen molar-refractivity contribution in [2.75, 3.05) is 6.54 Å². The first kappa shape index (κ1) is 5.82. The molecule has 0 atom stereocenters. The lowest BCUT2D eigenvalue weighted by atomic mass is 10.1. The molecule has 0 saturated carbocycles. The smallest absolute Gasteiger partial charge is 0.166 e. The Morgan fingerprint density at radius 2 is 2.25 bits per heavy atom. The second kappa shape index (κ2) is 1.58. The van der Waals surface area contributed by atoms with E-state index in [2.05, 4.69) is 24.5 Å². The minimum absolute atomic E-state index is 0.164. The fourth-order valence-electron chi connectivity index (χ4n) is 0.697. The van der Waals surface area contributed by atoms with Gasteiger partial charge in [0.2, 0.25) is 0 Å². The Morgan fingerprint density at radius 3 is 2.38 bits per heavy atom. The fraction of sp³-hybridized carbons (Fsp3) is 0.800. The minimum atomic E-state index is 0.164. The van der Waals surface area contributed by atoms with Crippen LogP contribution in [-0.2, 0) is 0 Å². The highest BCUT2D eigenvalue weighted by Gasteiger charge is 2.24. The molecule has 0 aromatic carbocycles. The molecule has 0 spiro atoms. The minimum Gasteiger partial charge on any atom is -0.360 e. The molecule has 1 rings (SSSR count). The van der Waals surface area contributed by atoms with E-state index in [0.717, 1.165) is 11.7 Å². The van der Waals surface area contributed by atoms with E-state index in [1.165, 1.54) is 0 Å². The molecule has 1 fully saturated rings. The van der Waals surface area contributed by atoms with Crippen molar-refractivity contribution < 1.29 is 0 Å². The maximum atomic E-state index is 4.85. The molecule has 0 unspecified atom stereocenters. The average Bonchev–Trinajstić information content (AvgIpc) is 1.82. The molecule has 0 amide bonds. The van der Waals surface area contributed by atoms with E-state index < -0.39 is 0 Å². The second-order valence-electron chi connectivity index (χ2n) is 2.69. The van der Waals surface area contributed by atoms with Gasteiger partial charge in [-0.2, -0.15) is 0 Å². The van der Waals surface area contributed by atoms with E-state index in [4.69, 9.17) is 12.2 Å². The average molecular weight is 130 g/mol. The summed E-state index contributed by atoms with van der Waals surface area (Å²) in [5, 5.41) is 6.92. The highest BCUT2D eigenvalue weighted by Crippen LogP contribution is 2.03. The Bertz CT molecular complexity index is 120. The van der Waals surface area contributed by atoms with Crippen molar-refractivity contribution in [3.63, 3.8) is 0 Å². The maximum Gasteiger partial charge on any atom is 0.166 e. The van der Waals surface area contributed by atoms with Crippen molar-refractivity contribution in [1.29, 1.82) is 0 Å². The highest BCUT2D eigenvalue weighted by molar-refractivity contribution is 7.80. The molecule has 1 heterocycles. The van der Waals surface area contributed by atoms with Crippen LogP contribution in [0.15, 0.2) is 0 Å². The Hall–Kier alpha value is -0.310. The molecule has 8 heavy (non-hydrogen) atoms. The number of nitrogens with one attached hydrogen (secondary N) is 2. The van der Waals surface area contributed by atoms with Crippen molar-refractivity contribution in [2.24, 2.45) is 0 Å². The van der Waals surface area contributed by atoms with Crippen LogP contribution in [0, 0.1) is 0 Å². The van der Waals surface area contributed by atoms with Gasteiger partial charge in [0.25, 0.3) is 0 Å². The zero-order chi connectivity index (χ0) is 6.20. The van der Waals surface area contributed by atoms with Crippen molar-refractivity contribution in [1.82, 2.24) is 10.6 Å². The van der Waals surface area contributed by atoms with Crippen LogP contribution in [0.1, 0.15) is 13.8 Å². The molecule has 1 aliphatic rings. The van der Waals surface area contributed by atoms with E-state index in [-0.39, 0.29) is 5.54 Å². The van der Waals surface area contributed by atoms with E-state index in [1.807, 2.05) is 0 Å². The molecule has 46 valence electrons. The maximum absolute atomic E-state index is 4.85. The second-order valence-corrected chi connectivity index (χ2v) is 3.10. The third-order valence-corrected chi connectivity index (χ3v) is 1.39. The molecule has 0 aromatic heterocycles. The van der Waals surface area contributed by atoms with Crippen molar-refractivity contribution in [3.05, 3.63) is 0 Å². The van der Waals surface area contributed by atoms with Crippen LogP contribution in [-0.4, -0.2) is 17.2 Å². The summed E-state index contributed by atoms with van der Waals surface area (Å²) in [4.78, 5) is 0. The molecule has 0 bridgehead atoms. The van der Waals surface area contributed by atoms with Gasteiger partial charge in [-0.15, -0.1) is 0 Å². The predicted octanol–water partition coefficient (Wildman–Crippen LogP) is 0.243. The molecular weight excluding hydrogens is 120 g/mol. The summed E-state index contributed by atoms with van der Waals surface area (Å²) in [5.74, 6) is 0. The van der Waals surface area contributed by atoms with Gasteiger partial charge in [-0.05, 0) is 26.1 Å². The number of thiocarbonyl (C=S) groups is 1. The summed E-state index contributed by atoms with van der Waals surface area (Å²) in [5.41, 5.74) is 0.164. The van der Waals surface area contributed by atoms with Crippen LogP contribution in [0.25, 0.3) is 0 Å². The van der Waals surface area contributed by atoms with Gasteiger partial charge < -0.3 is 10.6 Å². The molecule has 2 nitrogen and oxygen atoms in total. The molecular formula is C5H10N2S. The van der Waals surface area contributed by atoms with E-state index >= 15 is 0 Å². The van der Waals surface area contributed by atoms with Gasteiger partial charge in [0, 0.05) is 6.54 Å². The summed E-state index contributed by atoms with van der Waals surface area (Å²) < 4.78 is 0. The van der Waals surface area contributed by atoms with Gasteiger partial charge in [0.15, 0.2) is 5.11 Å². The Morgan fingerprint density at radius 1 is 1.62 bits per heavy atom. The molecule has 1 aliphatic heterocycles. The largest absolute Gasteiger partial charge is 0.360 e. The SMILES string of the molecule is CC1(C)CNC(=S)N1. The highest BCUT2D eigenvalue weighted by atomic mass is 32.1. The van der Waals surface area contributed by atoms with Gasteiger partial charge in [0.1, 0.15) is 0 Å². The lowest BCUT2D eigenvalue weighted by molar-refractivity contribution is 0.507. The summed E-state index contributed by atoms with van der Waals surface area (Å²) in [6.07, 6.45) is 0. The zero-order valence-electron chi connectivity index (χ0n) is 5.12. The number of hydrogen-bond acceptors (Lipinski definition) is 1. The topological polar surface area (TPSA) is 24.1 Å². The Kier molecular flexibility index (Phi) is 1.15. The van der Waals surface area contributed by atoms with E-state index in [0.29, 0.717) is 0 Å². The number of rotatable bonds is 0. The summed E-state index contributed by atoms with van der Waals surface area (Å²) in [6, 6.07) is 0. The van der Waals surface area contributed by atoms with Crippen molar-refractivity contribution >= 4 is 17.3 Å². The Labute approximate surface area is 54.7 Å². The van der Waals surface area contributed by atoms with Crippen LogP contribution in [0.5, 0.6) is 0 Å². The van der Waals surface area contributed by atoms with Crippen molar-refractivity contribution in [3.8, 4) is 0 Å². The first-order valence-electron chi connectivity index (χ1n) is 2.66. The van der Waals surface area contributed by atoms with Crippen LogP contribution >= 0.6 is 12.2 Å². The van der Waals surface area contributed by atoms with Crippen LogP contribution in [0.3, 0.4) is 0 Å².